The number of hydrogen-bond acceptors (Lipinski definition) is 4. The highest BCUT2D eigenvalue weighted by molar-refractivity contribution is 5.92. The van der Waals surface area contributed by atoms with Gasteiger partial charge >= 0.3 is 5.97 Å². The van der Waals surface area contributed by atoms with E-state index in [-0.39, 0.29) is 17.0 Å². The molecular formula is C8H10N2O3. The van der Waals surface area contributed by atoms with Crippen molar-refractivity contribution in [2.45, 2.75) is 6.92 Å². The summed E-state index contributed by atoms with van der Waals surface area (Å²) >= 11 is 0. The van der Waals surface area contributed by atoms with E-state index in [9.17, 15) is 4.79 Å². The molecule has 5 nitrogen and oxygen atoms in total. The van der Waals surface area contributed by atoms with Crippen LogP contribution in [-0.4, -0.2) is 23.2 Å². The van der Waals surface area contributed by atoms with Crippen molar-refractivity contribution in [2.24, 2.45) is 0 Å². The summed E-state index contributed by atoms with van der Waals surface area (Å²) in [6.07, 6.45) is 1.23. The number of methoxy groups -OCH3 is 1. The van der Waals surface area contributed by atoms with Crippen LogP contribution >= 0.6 is 0 Å². The smallest absolute Gasteiger partial charge is 0.341 e. The average Bonchev–Trinajstić information content (AvgIpc) is 2.09. The van der Waals surface area contributed by atoms with E-state index < -0.39 is 5.97 Å². The minimum absolute atomic E-state index is 0.0226. The SMILES string of the molecule is COc1c(C(=O)O)cnc(C)c1N. The van der Waals surface area contributed by atoms with Gasteiger partial charge in [-0.15, -0.1) is 0 Å². The number of nitrogens with two attached hydrogens (primary N) is 1. The maximum absolute atomic E-state index is 10.7. The molecule has 0 radical (unpaired) electrons. The van der Waals surface area contributed by atoms with Crippen LogP contribution in [0, 0.1) is 6.92 Å². The van der Waals surface area contributed by atoms with Crippen LogP contribution in [0.15, 0.2) is 6.20 Å². The summed E-state index contributed by atoms with van der Waals surface area (Å²) < 4.78 is 4.87. The Kier molecular flexibility index (Phi) is 2.36. The number of carboxylic acid groups (broad SMARTS) is 1. The van der Waals surface area contributed by atoms with E-state index in [4.69, 9.17) is 15.6 Å². The quantitative estimate of drug-likeness (QED) is 0.702. The molecule has 0 atom stereocenters. The first-order valence-electron chi connectivity index (χ1n) is 3.60. The van der Waals surface area contributed by atoms with Crippen LogP contribution in [0.2, 0.25) is 0 Å². The second-order valence-corrected chi connectivity index (χ2v) is 2.51. The third-order valence-electron chi connectivity index (χ3n) is 1.70. The van der Waals surface area contributed by atoms with Gasteiger partial charge in [-0.2, -0.15) is 0 Å². The first kappa shape index (κ1) is 9.31. The van der Waals surface area contributed by atoms with Crippen molar-refractivity contribution in [3.63, 3.8) is 0 Å². The van der Waals surface area contributed by atoms with E-state index in [2.05, 4.69) is 4.98 Å². The Balaban J connectivity index is 3.38. The molecule has 0 aliphatic carbocycles. The van der Waals surface area contributed by atoms with Crippen LogP contribution in [0.4, 0.5) is 5.69 Å². The molecule has 13 heavy (non-hydrogen) atoms. The van der Waals surface area contributed by atoms with E-state index in [1.807, 2.05) is 0 Å². The molecule has 70 valence electrons. The summed E-state index contributed by atoms with van der Waals surface area (Å²) in [4.78, 5) is 14.5. The lowest BCUT2D eigenvalue weighted by Crippen LogP contribution is -2.06. The van der Waals surface area contributed by atoms with Gasteiger partial charge in [-0.05, 0) is 6.92 Å². The van der Waals surface area contributed by atoms with Crippen molar-refractivity contribution in [3.05, 3.63) is 17.5 Å². The predicted molar refractivity (Wildman–Crippen MR) is 46.9 cm³/mol. The first-order chi connectivity index (χ1) is 6.07. The van der Waals surface area contributed by atoms with Gasteiger partial charge in [0.25, 0.3) is 0 Å². The minimum atomic E-state index is -1.10. The van der Waals surface area contributed by atoms with Gasteiger partial charge in [0.15, 0.2) is 5.75 Å². The second-order valence-electron chi connectivity index (χ2n) is 2.51. The van der Waals surface area contributed by atoms with Crippen molar-refractivity contribution in [1.29, 1.82) is 0 Å². The van der Waals surface area contributed by atoms with Gasteiger partial charge in [-0.3, -0.25) is 4.98 Å². The molecule has 0 bridgehead atoms. The highest BCUT2D eigenvalue weighted by Gasteiger charge is 2.15. The largest absolute Gasteiger partial charge is 0.494 e. The maximum Gasteiger partial charge on any atom is 0.341 e. The number of aromatic nitrogens is 1. The number of carboxylic acids is 1. The third kappa shape index (κ3) is 1.53. The lowest BCUT2D eigenvalue weighted by molar-refractivity contribution is 0.0693. The third-order valence-corrected chi connectivity index (χ3v) is 1.70. The molecule has 0 saturated carbocycles. The fraction of sp³-hybridized carbons (Fsp3) is 0.250. The number of carbonyl (C=O) groups is 1. The van der Waals surface area contributed by atoms with E-state index in [0.29, 0.717) is 5.69 Å². The molecule has 0 aliphatic heterocycles. The number of aryl methyl sites for hydroxylation is 1. The normalized spacial score (nSPS) is 9.69. The molecule has 0 amide bonds. The van der Waals surface area contributed by atoms with Gasteiger partial charge in [0, 0.05) is 6.20 Å². The lowest BCUT2D eigenvalue weighted by Gasteiger charge is -2.08. The van der Waals surface area contributed by atoms with E-state index in [1.165, 1.54) is 13.3 Å². The van der Waals surface area contributed by atoms with E-state index >= 15 is 0 Å². The Morgan fingerprint density at radius 1 is 1.69 bits per heavy atom. The van der Waals surface area contributed by atoms with Crippen LogP contribution in [0.3, 0.4) is 0 Å². The Morgan fingerprint density at radius 2 is 2.31 bits per heavy atom. The molecule has 3 N–H and O–H groups in total. The zero-order valence-corrected chi connectivity index (χ0v) is 7.37. The average molecular weight is 182 g/mol. The Bertz CT molecular complexity index is 349. The van der Waals surface area contributed by atoms with Crippen LogP contribution in [0.25, 0.3) is 0 Å². The molecule has 5 heteroatoms. The lowest BCUT2D eigenvalue weighted by atomic mass is 10.2. The van der Waals surface area contributed by atoms with Crippen molar-refractivity contribution in [3.8, 4) is 5.75 Å². The van der Waals surface area contributed by atoms with Crippen molar-refractivity contribution in [1.82, 2.24) is 4.98 Å². The standard InChI is InChI=1S/C8H10N2O3/c1-4-6(9)7(13-2)5(3-10-4)8(11)12/h3H,9H2,1-2H3,(H,11,12). The molecular weight excluding hydrogens is 172 g/mol. The summed E-state index contributed by atoms with van der Waals surface area (Å²) in [5.41, 5.74) is 6.38. The van der Waals surface area contributed by atoms with Crippen molar-refractivity contribution >= 4 is 11.7 Å². The summed E-state index contributed by atoms with van der Waals surface area (Å²) in [7, 11) is 1.37. The molecule has 1 heterocycles. The van der Waals surface area contributed by atoms with Crippen LogP contribution in [0.1, 0.15) is 16.1 Å². The molecule has 1 rings (SSSR count). The van der Waals surface area contributed by atoms with Gasteiger partial charge in [0.2, 0.25) is 0 Å². The second kappa shape index (κ2) is 3.30. The summed E-state index contributed by atoms with van der Waals surface area (Å²) in [6.45, 7) is 1.68. The number of ether oxygens (including phenoxy) is 1. The zero-order chi connectivity index (χ0) is 10.0. The number of aromatic carboxylic acids is 1. The van der Waals surface area contributed by atoms with Crippen LogP contribution < -0.4 is 10.5 Å². The van der Waals surface area contributed by atoms with Gasteiger partial charge in [-0.25, -0.2) is 4.79 Å². The zero-order valence-electron chi connectivity index (χ0n) is 7.37. The number of rotatable bonds is 2. The Labute approximate surface area is 75.2 Å². The highest BCUT2D eigenvalue weighted by Crippen LogP contribution is 2.27. The number of nitrogen functional groups attached to an aromatic ring is 1. The number of nitrogens with zero attached hydrogens (tertiary/aromatic N) is 1. The predicted octanol–water partition coefficient (Wildman–Crippen LogP) is 0.679. The fourth-order valence-electron chi connectivity index (χ4n) is 0.971. The first-order valence-corrected chi connectivity index (χ1v) is 3.60. The minimum Gasteiger partial charge on any atom is -0.494 e. The van der Waals surface area contributed by atoms with Gasteiger partial charge in [-0.1, -0.05) is 0 Å². The van der Waals surface area contributed by atoms with Crippen LogP contribution in [0.5, 0.6) is 5.75 Å². The maximum atomic E-state index is 10.7. The van der Waals surface area contributed by atoms with Gasteiger partial charge < -0.3 is 15.6 Å². The van der Waals surface area contributed by atoms with Crippen molar-refractivity contribution in [2.75, 3.05) is 12.8 Å². The molecule has 0 fully saturated rings. The molecule has 0 saturated heterocycles. The van der Waals surface area contributed by atoms with Crippen LogP contribution in [-0.2, 0) is 0 Å². The molecule has 0 spiro atoms. The Hall–Kier alpha value is -1.78. The van der Waals surface area contributed by atoms with Crippen molar-refractivity contribution < 1.29 is 14.6 Å². The summed E-state index contributed by atoms with van der Waals surface area (Å²) in [5, 5.41) is 8.74. The Morgan fingerprint density at radius 3 is 2.77 bits per heavy atom. The monoisotopic (exact) mass is 182 g/mol. The molecule has 0 unspecified atom stereocenters. The summed E-state index contributed by atoms with van der Waals surface area (Å²) in [5.74, 6) is -0.934. The molecule has 1 aromatic heterocycles. The molecule has 0 aliphatic rings. The topological polar surface area (TPSA) is 85.4 Å². The molecule has 0 aromatic carbocycles. The van der Waals surface area contributed by atoms with E-state index in [0.717, 1.165) is 0 Å². The fourth-order valence-corrected chi connectivity index (χ4v) is 0.971. The highest BCUT2D eigenvalue weighted by atomic mass is 16.5. The molecule has 1 aromatic rings. The number of hydrogen-bond donors (Lipinski definition) is 2. The number of pyridine rings is 1. The van der Waals surface area contributed by atoms with E-state index in [1.54, 1.807) is 6.92 Å². The van der Waals surface area contributed by atoms with Gasteiger partial charge in [0.1, 0.15) is 5.56 Å². The van der Waals surface area contributed by atoms with Gasteiger partial charge in [0.05, 0.1) is 18.5 Å². The summed E-state index contributed by atoms with van der Waals surface area (Å²) in [6, 6.07) is 0. The number of anilines is 1.